The minimum absolute atomic E-state index is 0.00243. The molecule has 150 valence electrons. The molecule has 1 saturated heterocycles. The topological polar surface area (TPSA) is 75.7 Å². The maximum absolute atomic E-state index is 12.8. The molecule has 1 aliphatic rings. The third-order valence-electron chi connectivity index (χ3n) is 4.60. The van der Waals surface area contributed by atoms with E-state index in [9.17, 15) is 13.2 Å². The Morgan fingerprint density at radius 1 is 1.29 bits per heavy atom. The van der Waals surface area contributed by atoms with E-state index in [2.05, 4.69) is 4.72 Å². The molecule has 2 aromatic carbocycles. The van der Waals surface area contributed by atoms with Crippen LogP contribution in [-0.2, 0) is 14.8 Å². The third kappa shape index (κ3) is 4.84. The van der Waals surface area contributed by atoms with Crippen LogP contribution in [0.3, 0.4) is 0 Å². The number of sulfonamides is 1. The zero-order chi connectivity index (χ0) is 20.3. The molecule has 2 aromatic rings. The zero-order valence-electron chi connectivity index (χ0n) is 15.8. The molecule has 1 fully saturated rings. The maximum atomic E-state index is 12.8. The van der Waals surface area contributed by atoms with Gasteiger partial charge in [-0.25, -0.2) is 8.42 Å². The molecule has 1 unspecified atom stereocenters. The molecule has 1 N–H and O–H groups in total. The van der Waals surface area contributed by atoms with Gasteiger partial charge in [0, 0.05) is 25.9 Å². The van der Waals surface area contributed by atoms with Crippen LogP contribution in [0.4, 0.5) is 5.69 Å². The number of aryl methyl sites for hydroxylation is 1. The quantitative estimate of drug-likeness (QED) is 0.770. The summed E-state index contributed by atoms with van der Waals surface area (Å²) in [6.45, 7) is 3.01. The summed E-state index contributed by atoms with van der Waals surface area (Å²) in [7, 11) is -2.20. The van der Waals surface area contributed by atoms with Crippen molar-refractivity contribution in [3.8, 4) is 0 Å². The van der Waals surface area contributed by atoms with Gasteiger partial charge in [-0.15, -0.1) is 0 Å². The molecule has 8 heteroatoms. The van der Waals surface area contributed by atoms with Crippen LogP contribution in [0.2, 0.25) is 5.02 Å². The SMILES string of the molecule is Cc1cccc(NS(=O)(=O)c2ccc(Cl)c(C(=O)N(C)CC3CCCO3)c2)c1. The van der Waals surface area contributed by atoms with Gasteiger partial charge in [0.15, 0.2) is 0 Å². The Balaban J connectivity index is 1.82. The molecule has 6 nitrogen and oxygen atoms in total. The number of carbonyl (C=O) groups is 1. The van der Waals surface area contributed by atoms with Gasteiger partial charge in [-0.1, -0.05) is 23.7 Å². The number of nitrogens with one attached hydrogen (secondary N) is 1. The fourth-order valence-electron chi connectivity index (χ4n) is 3.14. The lowest BCUT2D eigenvalue weighted by Gasteiger charge is -2.21. The molecule has 1 atom stereocenters. The van der Waals surface area contributed by atoms with Gasteiger partial charge in [-0.05, 0) is 55.7 Å². The van der Waals surface area contributed by atoms with Gasteiger partial charge >= 0.3 is 0 Å². The van der Waals surface area contributed by atoms with Crippen molar-refractivity contribution in [2.75, 3.05) is 24.9 Å². The Hall–Kier alpha value is -2.09. The number of rotatable bonds is 6. The highest BCUT2D eigenvalue weighted by atomic mass is 35.5. The van der Waals surface area contributed by atoms with Crippen LogP contribution in [0.15, 0.2) is 47.4 Å². The third-order valence-corrected chi connectivity index (χ3v) is 6.31. The van der Waals surface area contributed by atoms with Crippen LogP contribution in [0.5, 0.6) is 0 Å². The lowest BCUT2D eigenvalue weighted by molar-refractivity contribution is 0.0587. The summed E-state index contributed by atoms with van der Waals surface area (Å²) in [5.74, 6) is -0.340. The normalized spacial score (nSPS) is 16.8. The zero-order valence-corrected chi connectivity index (χ0v) is 17.4. The van der Waals surface area contributed by atoms with Gasteiger partial charge in [-0.3, -0.25) is 9.52 Å². The van der Waals surface area contributed by atoms with Crippen LogP contribution >= 0.6 is 11.6 Å². The molecule has 0 bridgehead atoms. The number of halogens is 1. The Morgan fingerprint density at radius 2 is 2.07 bits per heavy atom. The summed E-state index contributed by atoms with van der Waals surface area (Å²) >= 11 is 6.19. The first-order chi connectivity index (χ1) is 13.3. The number of hydrogen-bond acceptors (Lipinski definition) is 4. The van der Waals surface area contributed by atoms with Crippen LogP contribution in [0.1, 0.15) is 28.8 Å². The first-order valence-corrected chi connectivity index (χ1v) is 10.9. The summed E-state index contributed by atoms with van der Waals surface area (Å²) in [5.41, 5.74) is 1.54. The summed E-state index contributed by atoms with van der Waals surface area (Å²) in [6.07, 6.45) is 1.88. The van der Waals surface area contributed by atoms with Crippen molar-refractivity contribution in [2.24, 2.45) is 0 Å². The number of hydrogen-bond donors (Lipinski definition) is 1. The number of anilines is 1. The molecule has 0 spiro atoms. The molecule has 1 aliphatic heterocycles. The minimum Gasteiger partial charge on any atom is -0.376 e. The van der Waals surface area contributed by atoms with Crippen molar-refractivity contribution in [2.45, 2.75) is 30.8 Å². The molecule has 28 heavy (non-hydrogen) atoms. The van der Waals surface area contributed by atoms with Gasteiger partial charge in [0.1, 0.15) is 0 Å². The fourth-order valence-corrected chi connectivity index (χ4v) is 4.41. The molecule has 3 rings (SSSR count). The van der Waals surface area contributed by atoms with Crippen molar-refractivity contribution in [1.29, 1.82) is 0 Å². The molecule has 1 heterocycles. The van der Waals surface area contributed by atoms with Gasteiger partial charge in [0.05, 0.1) is 21.6 Å². The van der Waals surface area contributed by atoms with Crippen LogP contribution < -0.4 is 4.72 Å². The molecule has 0 aliphatic carbocycles. The van der Waals surface area contributed by atoms with Crippen LogP contribution in [0, 0.1) is 6.92 Å². The largest absolute Gasteiger partial charge is 0.376 e. The van der Waals surface area contributed by atoms with Gasteiger partial charge < -0.3 is 9.64 Å². The second-order valence-corrected chi connectivity index (χ2v) is 9.03. The van der Waals surface area contributed by atoms with E-state index in [0.717, 1.165) is 18.4 Å². The lowest BCUT2D eigenvalue weighted by Crippen LogP contribution is -2.34. The number of carbonyl (C=O) groups excluding carboxylic acids is 1. The average molecular weight is 423 g/mol. The van der Waals surface area contributed by atoms with E-state index in [1.54, 1.807) is 25.2 Å². The Morgan fingerprint density at radius 3 is 2.75 bits per heavy atom. The van der Waals surface area contributed by atoms with Gasteiger partial charge in [0.2, 0.25) is 0 Å². The van der Waals surface area contributed by atoms with Gasteiger partial charge in [0.25, 0.3) is 15.9 Å². The molecular weight excluding hydrogens is 400 g/mol. The standard InChI is InChI=1S/C20H23ClN2O4S/c1-14-5-3-6-15(11-14)22-28(25,26)17-8-9-19(21)18(12-17)20(24)23(2)13-16-7-4-10-27-16/h3,5-6,8-9,11-12,16,22H,4,7,10,13H2,1-2H3. The van der Waals surface area contributed by atoms with Crippen LogP contribution in [-0.4, -0.2) is 45.5 Å². The van der Waals surface area contributed by atoms with Crippen LogP contribution in [0.25, 0.3) is 0 Å². The van der Waals surface area contributed by atoms with E-state index in [1.165, 1.54) is 23.1 Å². The highest BCUT2D eigenvalue weighted by Gasteiger charge is 2.24. The monoisotopic (exact) mass is 422 g/mol. The first kappa shape index (κ1) is 20.6. The highest BCUT2D eigenvalue weighted by molar-refractivity contribution is 7.92. The summed E-state index contributed by atoms with van der Waals surface area (Å²) in [6, 6.07) is 11.2. The molecule has 0 saturated carbocycles. The molecular formula is C20H23ClN2O4S. The minimum atomic E-state index is -3.86. The Labute approximate surface area is 170 Å². The van der Waals surface area contributed by atoms with Gasteiger partial charge in [-0.2, -0.15) is 0 Å². The number of amides is 1. The summed E-state index contributed by atoms with van der Waals surface area (Å²) in [4.78, 5) is 14.3. The summed E-state index contributed by atoms with van der Waals surface area (Å²) < 4.78 is 33.6. The maximum Gasteiger partial charge on any atom is 0.261 e. The molecule has 0 radical (unpaired) electrons. The molecule has 0 aromatic heterocycles. The van der Waals surface area contributed by atoms with E-state index < -0.39 is 10.0 Å². The number of likely N-dealkylation sites (N-methyl/N-ethyl adjacent to an activating group) is 1. The van der Waals surface area contributed by atoms with Crippen molar-refractivity contribution < 1.29 is 17.9 Å². The van der Waals surface area contributed by atoms with E-state index >= 15 is 0 Å². The van der Waals surface area contributed by atoms with Crippen molar-refractivity contribution >= 4 is 33.2 Å². The highest BCUT2D eigenvalue weighted by Crippen LogP contribution is 2.24. The number of nitrogens with zero attached hydrogens (tertiary/aromatic N) is 1. The van der Waals surface area contributed by atoms with E-state index in [1.807, 2.05) is 13.0 Å². The second kappa shape index (κ2) is 8.51. The molecule has 1 amide bonds. The second-order valence-electron chi connectivity index (χ2n) is 6.94. The predicted molar refractivity (Wildman–Crippen MR) is 109 cm³/mol. The van der Waals surface area contributed by atoms with E-state index in [-0.39, 0.29) is 27.5 Å². The fraction of sp³-hybridized carbons (Fsp3) is 0.350. The van der Waals surface area contributed by atoms with E-state index in [4.69, 9.17) is 16.3 Å². The predicted octanol–water partition coefficient (Wildman–Crippen LogP) is 3.70. The summed E-state index contributed by atoms with van der Waals surface area (Å²) in [5, 5.41) is 0.207. The smallest absolute Gasteiger partial charge is 0.261 e. The number of benzene rings is 2. The van der Waals surface area contributed by atoms with E-state index in [0.29, 0.717) is 18.8 Å². The van der Waals surface area contributed by atoms with Crippen molar-refractivity contribution in [1.82, 2.24) is 4.90 Å². The van der Waals surface area contributed by atoms with Crippen molar-refractivity contribution in [3.05, 3.63) is 58.6 Å². The number of ether oxygens (including phenoxy) is 1. The Kier molecular flexibility index (Phi) is 6.27. The first-order valence-electron chi connectivity index (χ1n) is 9.02. The van der Waals surface area contributed by atoms with Crippen molar-refractivity contribution in [3.63, 3.8) is 0 Å². The average Bonchev–Trinajstić information content (AvgIpc) is 3.14. The lowest BCUT2D eigenvalue weighted by atomic mass is 10.2. The Bertz CT molecular complexity index is 972.